The normalized spacial score (nSPS) is 11.8. The number of nitrogens with one attached hydrogen (secondary N) is 2. The maximum absolute atomic E-state index is 12.6. The first-order valence-corrected chi connectivity index (χ1v) is 8.83. The highest BCUT2D eigenvalue weighted by Crippen LogP contribution is 2.29. The lowest BCUT2D eigenvalue weighted by Gasteiger charge is -2.19. The minimum atomic E-state index is -3.73. The quantitative estimate of drug-likeness (QED) is 0.869. The molecule has 1 amide bonds. The van der Waals surface area contributed by atoms with Gasteiger partial charge in [-0.2, -0.15) is 0 Å². The SMILES string of the molecule is Cc1c(C)c(C)c(S(=O)(=O)NCC(=O)NC(C)C)c(C)c1C. The maximum Gasteiger partial charge on any atom is 0.241 e. The average Bonchev–Trinajstić information content (AvgIpc) is 2.40. The summed E-state index contributed by atoms with van der Waals surface area (Å²) >= 11 is 0. The van der Waals surface area contributed by atoms with Crippen molar-refractivity contribution in [1.82, 2.24) is 10.0 Å². The van der Waals surface area contributed by atoms with E-state index in [9.17, 15) is 13.2 Å². The van der Waals surface area contributed by atoms with E-state index < -0.39 is 10.0 Å². The summed E-state index contributed by atoms with van der Waals surface area (Å²) in [6.07, 6.45) is 0. The Kier molecular flexibility index (Phi) is 5.76. The molecule has 0 saturated heterocycles. The number of hydrogen-bond acceptors (Lipinski definition) is 3. The van der Waals surface area contributed by atoms with Crippen molar-refractivity contribution in [2.75, 3.05) is 6.54 Å². The number of carbonyl (C=O) groups excluding carboxylic acids is 1. The van der Waals surface area contributed by atoms with Gasteiger partial charge in [-0.1, -0.05) is 0 Å². The van der Waals surface area contributed by atoms with Crippen LogP contribution in [0, 0.1) is 34.6 Å². The van der Waals surface area contributed by atoms with Crippen LogP contribution in [0.2, 0.25) is 0 Å². The fourth-order valence-electron chi connectivity index (χ4n) is 2.47. The topological polar surface area (TPSA) is 75.3 Å². The molecule has 0 unspecified atom stereocenters. The molecule has 0 aromatic heterocycles. The minimum absolute atomic E-state index is 0.0238. The maximum atomic E-state index is 12.6. The monoisotopic (exact) mass is 326 g/mol. The third-order valence-corrected chi connectivity index (χ3v) is 5.75. The summed E-state index contributed by atoms with van der Waals surface area (Å²) in [5, 5.41) is 2.66. The fraction of sp³-hybridized carbons (Fsp3) is 0.562. The second-order valence-corrected chi connectivity index (χ2v) is 7.70. The van der Waals surface area contributed by atoms with Crippen LogP contribution >= 0.6 is 0 Å². The molecule has 6 heteroatoms. The van der Waals surface area contributed by atoms with Gasteiger partial charge in [0.15, 0.2) is 0 Å². The number of carbonyl (C=O) groups is 1. The van der Waals surface area contributed by atoms with E-state index in [4.69, 9.17) is 0 Å². The Morgan fingerprint density at radius 2 is 1.32 bits per heavy atom. The van der Waals surface area contributed by atoms with Crippen LogP contribution in [0.3, 0.4) is 0 Å². The molecule has 0 atom stereocenters. The number of rotatable bonds is 5. The Hall–Kier alpha value is -1.40. The molecule has 0 aliphatic carbocycles. The molecule has 0 aliphatic heterocycles. The molecular formula is C16H26N2O3S. The Morgan fingerprint density at radius 1 is 0.909 bits per heavy atom. The lowest BCUT2D eigenvalue weighted by Crippen LogP contribution is -2.40. The second-order valence-electron chi connectivity index (χ2n) is 6.00. The zero-order valence-corrected chi connectivity index (χ0v) is 15.2. The lowest BCUT2D eigenvalue weighted by molar-refractivity contribution is -0.120. The Bertz CT molecular complexity index is 663. The van der Waals surface area contributed by atoms with Gasteiger partial charge in [0.1, 0.15) is 0 Å². The number of sulfonamides is 1. The van der Waals surface area contributed by atoms with Gasteiger partial charge >= 0.3 is 0 Å². The number of hydrogen-bond donors (Lipinski definition) is 2. The number of benzene rings is 1. The summed E-state index contributed by atoms with van der Waals surface area (Å²) in [7, 11) is -3.73. The third kappa shape index (κ3) is 3.87. The van der Waals surface area contributed by atoms with Crippen molar-refractivity contribution in [3.05, 3.63) is 27.8 Å². The molecular weight excluding hydrogens is 300 g/mol. The average molecular weight is 326 g/mol. The molecule has 0 fully saturated rings. The molecule has 2 N–H and O–H groups in total. The molecule has 124 valence electrons. The van der Waals surface area contributed by atoms with E-state index in [1.807, 2.05) is 34.6 Å². The highest BCUT2D eigenvalue weighted by Gasteiger charge is 2.24. The summed E-state index contributed by atoms with van der Waals surface area (Å²) in [6.45, 7) is 12.8. The Morgan fingerprint density at radius 3 is 1.73 bits per heavy atom. The van der Waals surface area contributed by atoms with Crippen LogP contribution in [0.4, 0.5) is 0 Å². The molecule has 0 radical (unpaired) electrons. The van der Waals surface area contributed by atoms with E-state index in [0.717, 1.165) is 27.8 Å². The first-order valence-electron chi connectivity index (χ1n) is 7.35. The van der Waals surface area contributed by atoms with Crippen LogP contribution in [0.25, 0.3) is 0 Å². The van der Waals surface area contributed by atoms with Crippen molar-refractivity contribution in [3.63, 3.8) is 0 Å². The highest BCUT2D eigenvalue weighted by atomic mass is 32.2. The largest absolute Gasteiger partial charge is 0.353 e. The fourth-order valence-corrected chi connectivity index (χ4v) is 4.05. The van der Waals surface area contributed by atoms with Crippen LogP contribution in [0.1, 0.15) is 41.7 Å². The van der Waals surface area contributed by atoms with Crippen molar-refractivity contribution in [2.45, 2.75) is 59.4 Å². The van der Waals surface area contributed by atoms with Gasteiger partial charge in [-0.25, -0.2) is 13.1 Å². The first kappa shape index (κ1) is 18.6. The Balaban J connectivity index is 3.17. The van der Waals surface area contributed by atoms with Crippen LogP contribution in [0.15, 0.2) is 4.90 Å². The van der Waals surface area contributed by atoms with Gasteiger partial charge in [-0.3, -0.25) is 4.79 Å². The zero-order valence-electron chi connectivity index (χ0n) is 14.4. The molecule has 1 aromatic carbocycles. The standard InChI is InChI=1S/C16H26N2O3S/c1-9(2)18-15(19)8-17-22(20,21)16-13(6)11(4)10(3)12(5)14(16)7/h9,17H,8H2,1-7H3,(H,18,19). The van der Waals surface area contributed by atoms with Crippen LogP contribution in [-0.2, 0) is 14.8 Å². The van der Waals surface area contributed by atoms with Gasteiger partial charge < -0.3 is 5.32 Å². The van der Waals surface area contributed by atoms with E-state index in [0.29, 0.717) is 0 Å². The van der Waals surface area contributed by atoms with Crippen molar-refractivity contribution in [1.29, 1.82) is 0 Å². The van der Waals surface area contributed by atoms with Gasteiger partial charge in [0.25, 0.3) is 0 Å². The van der Waals surface area contributed by atoms with E-state index in [-0.39, 0.29) is 23.4 Å². The molecule has 0 aliphatic rings. The summed E-state index contributed by atoms with van der Waals surface area (Å²) in [4.78, 5) is 11.9. The summed E-state index contributed by atoms with van der Waals surface area (Å²) in [5.74, 6) is -0.338. The van der Waals surface area contributed by atoms with E-state index in [1.54, 1.807) is 13.8 Å². The van der Waals surface area contributed by atoms with Crippen molar-refractivity contribution >= 4 is 15.9 Å². The minimum Gasteiger partial charge on any atom is -0.353 e. The molecule has 22 heavy (non-hydrogen) atoms. The molecule has 1 rings (SSSR count). The second kappa shape index (κ2) is 6.79. The molecule has 0 bridgehead atoms. The highest BCUT2D eigenvalue weighted by molar-refractivity contribution is 7.89. The smallest absolute Gasteiger partial charge is 0.241 e. The van der Waals surface area contributed by atoms with Crippen molar-refractivity contribution in [3.8, 4) is 0 Å². The van der Waals surface area contributed by atoms with Crippen LogP contribution < -0.4 is 10.0 Å². The van der Waals surface area contributed by atoms with Gasteiger partial charge in [0, 0.05) is 6.04 Å². The van der Waals surface area contributed by atoms with Gasteiger partial charge in [0.05, 0.1) is 11.4 Å². The molecule has 0 saturated carbocycles. The molecule has 5 nitrogen and oxygen atoms in total. The van der Waals surface area contributed by atoms with Gasteiger partial charge in [-0.05, 0) is 76.3 Å². The summed E-state index contributed by atoms with van der Waals surface area (Å²) in [6, 6.07) is -0.0238. The molecule has 1 aromatic rings. The molecule has 0 spiro atoms. The number of amides is 1. The van der Waals surface area contributed by atoms with Gasteiger partial charge in [0.2, 0.25) is 15.9 Å². The molecule has 0 heterocycles. The van der Waals surface area contributed by atoms with E-state index >= 15 is 0 Å². The van der Waals surface area contributed by atoms with Gasteiger partial charge in [-0.15, -0.1) is 0 Å². The predicted octanol–water partition coefficient (Wildman–Crippen LogP) is 2.03. The predicted molar refractivity (Wildman–Crippen MR) is 88.6 cm³/mol. The van der Waals surface area contributed by atoms with E-state index in [2.05, 4.69) is 10.0 Å². The Labute approximate surface area is 133 Å². The lowest BCUT2D eigenvalue weighted by atomic mass is 9.95. The summed E-state index contributed by atoms with van der Waals surface area (Å²) < 4.78 is 27.6. The zero-order chi connectivity index (χ0) is 17.2. The van der Waals surface area contributed by atoms with Crippen molar-refractivity contribution in [2.24, 2.45) is 0 Å². The first-order chi connectivity index (χ1) is 9.99. The van der Waals surface area contributed by atoms with E-state index in [1.165, 1.54) is 0 Å². The van der Waals surface area contributed by atoms with Crippen molar-refractivity contribution < 1.29 is 13.2 Å². The van der Waals surface area contributed by atoms with Crippen LogP contribution in [-0.4, -0.2) is 26.9 Å². The van der Waals surface area contributed by atoms with Crippen LogP contribution in [0.5, 0.6) is 0 Å². The third-order valence-electron chi connectivity index (χ3n) is 4.07. The summed E-state index contributed by atoms with van der Waals surface area (Å²) in [5.41, 5.74) is 4.51.